The molecule has 25 valence electrons. The summed E-state index contributed by atoms with van der Waals surface area (Å²) >= 11 is 2.30. The van der Waals surface area contributed by atoms with Gasteiger partial charge in [-0.2, -0.15) is 0 Å². The van der Waals surface area contributed by atoms with Gasteiger partial charge in [0, 0.05) is 4.43 Å². The minimum Gasteiger partial charge on any atom is -0.0861 e. The van der Waals surface area contributed by atoms with Crippen molar-refractivity contribution in [2.45, 2.75) is 6.92 Å². The van der Waals surface area contributed by atoms with Crippen LogP contribution in [0.5, 0.6) is 0 Å². The molecule has 0 aromatic rings. The van der Waals surface area contributed by atoms with E-state index < -0.39 is 0 Å². The molecule has 0 atom stereocenters. The van der Waals surface area contributed by atoms with E-state index in [1.54, 1.807) is 0 Å². The average Bonchev–Trinajstić information content (AvgIpc) is 1.37. The van der Waals surface area contributed by atoms with Crippen molar-refractivity contribution in [2.75, 3.05) is 4.43 Å². The first kappa shape index (κ1) is 4.73. The van der Waals surface area contributed by atoms with Crippen LogP contribution < -0.4 is 0 Å². The fourth-order valence-corrected chi connectivity index (χ4v) is 0. The first-order chi connectivity index (χ1) is 1.91. The van der Waals surface area contributed by atoms with Gasteiger partial charge in [0.15, 0.2) is 0 Å². The van der Waals surface area contributed by atoms with Gasteiger partial charge in [-0.1, -0.05) is 29.5 Å². The molecule has 1 heteroatoms. The van der Waals surface area contributed by atoms with Gasteiger partial charge < -0.3 is 0 Å². The summed E-state index contributed by atoms with van der Waals surface area (Å²) in [5.41, 5.74) is 0. The molecule has 0 aliphatic carbocycles. The molecule has 0 bridgehead atoms. The minimum absolute atomic E-state index is 1.16. The Balaban J connectivity index is 1.97. The third-order valence-corrected chi connectivity index (χ3v) is 1.04. The Morgan fingerprint density at radius 1 is 2.00 bits per heavy atom. The molecule has 0 N–H and O–H groups in total. The Kier molecular flexibility index (Phi) is 4.41. The highest BCUT2D eigenvalue weighted by atomic mass is 127. The van der Waals surface area contributed by atoms with Crippen LogP contribution in [0.1, 0.15) is 6.92 Å². The molecule has 0 unspecified atom stereocenters. The van der Waals surface area contributed by atoms with Gasteiger partial charge in [-0.15, -0.1) is 0 Å². The molecule has 0 heterocycles. The smallest absolute Gasteiger partial charge is 0.00238 e. The Morgan fingerprint density at radius 3 is 2.25 bits per heavy atom. The molecule has 0 fully saturated rings. The second kappa shape index (κ2) is 3.73. The van der Waals surface area contributed by atoms with Crippen molar-refractivity contribution in [3.63, 3.8) is 0 Å². The standard InChI is InChI=1S/C3H6I/c1-2-3-4/h2H,3H2,1H3. The molecule has 0 rings (SSSR count). The molecule has 0 aliphatic rings. The number of alkyl halides is 1. The lowest BCUT2D eigenvalue weighted by atomic mass is 10.6. The number of rotatable bonds is 1. The maximum absolute atomic E-state index is 2.30. The summed E-state index contributed by atoms with van der Waals surface area (Å²) in [6.07, 6.45) is 2.11. The van der Waals surface area contributed by atoms with Crippen LogP contribution in [-0.2, 0) is 0 Å². The molecule has 0 aliphatic heterocycles. The van der Waals surface area contributed by atoms with Gasteiger partial charge in [0.05, 0.1) is 0 Å². The van der Waals surface area contributed by atoms with Crippen LogP contribution in [0.4, 0.5) is 0 Å². The summed E-state index contributed by atoms with van der Waals surface area (Å²) in [5, 5.41) is 0. The predicted molar refractivity (Wildman–Crippen MR) is 28.9 cm³/mol. The van der Waals surface area contributed by atoms with Gasteiger partial charge >= 0.3 is 0 Å². The summed E-state index contributed by atoms with van der Waals surface area (Å²) in [6, 6.07) is 0. The fourth-order valence-electron chi connectivity index (χ4n) is 0. The topological polar surface area (TPSA) is 0 Å². The molecule has 0 amide bonds. The predicted octanol–water partition coefficient (Wildman–Crippen LogP) is 1.65. The second-order valence-electron chi connectivity index (χ2n) is 0.563. The molecule has 1 radical (unpaired) electrons. The van der Waals surface area contributed by atoms with E-state index in [9.17, 15) is 0 Å². The summed E-state index contributed by atoms with van der Waals surface area (Å²) < 4.78 is 1.16. The Hall–Kier alpha value is 0.730. The van der Waals surface area contributed by atoms with Gasteiger partial charge in [0.25, 0.3) is 0 Å². The number of halogens is 1. The van der Waals surface area contributed by atoms with Gasteiger partial charge in [-0.05, 0) is 6.42 Å². The normalized spacial score (nSPS) is 7.50. The van der Waals surface area contributed by atoms with Crippen LogP contribution in [0.15, 0.2) is 0 Å². The molecule has 0 nitrogen and oxygen atoms in total. The monoisotopic (exact) mass is 169 g/mol. The summed E-state index contributed by atoms with van der Waals surface area (Å²) in [7, 11) is 0. The third-order valence-electron chi connectivity index (χ3n) is 0.154. The maximum atomic E-state index is 2.30. The molecule has 0 saturated heterocycles. The van der Waals surface area contributed by atoms with E-state index in [1.165, 1.54) is 0 Å². The molecular formula is C3H6I. The van der Waals surface area contributed by atoms with Gasteiger partial charge in [-0.25, -0.2) is 0 Å². The van der Waals surface area contributed by atoms with E-state index in [2.05, 4.69) is 29.0 Å². The van der Waals surface area contributed by atoms with Gasteiger partial charge in [0.1, 0.15) is 0 Å². The van der Waals surface area contributed by atoms with E-state index in [0.717, 1.165) is 4.43 Å². The van der Waals surface area contributed by atoms with E-state index in [0.29, 0.717) is 0 Å². The minimum atomic E-state index is 1.16. The quantitative estimate of drug-likeness (QED) is 0.413. The van der Waals surface area contributed by atoms with Gasteiger partial charge in [0.2, 0.25) is 0 Å². The van der Waals surface area contributed by atoms with Crippen molar-refractivity contribution in [1.82, 2.24) is 0 Å². The van der Waals surface area contributed by atoms with E-state index in [1.807, 2.05) is 6.92 Å². The fraction of sp³-hybridized carbons (Fsp3) is 0.667. The lowest BCUT2D eigenvalue weighted by Gasteiger charge is -1.65. The highest BCUT2D eigenvalue weighted by molar-refractivity contribution is 14.1. The first-order valence-corrected chi connectivity index (χ1v) is 2.78. The lowest BCUT2D eigenvalue weighted by molar-refractivity contribution is 1.46. The van der Waals surface area contributed by atoms with Crippen molar-refractivity contribution >= 4 is 22.6 Å². The molecule has 4 heavy (non-hydrogen) atoms. The SMILES string of the molecule is C[CH]CI. The largest absolute Gasteiger partial charge is 0.0861 e. The van der Waals surface area contributed by atoms with E-state index in [-0.39, 0.29) is 0 Å². The maximum Gasteiger partial charge on any atom is 0.00238 e. The lowest BCUT2D eigenvalue weighted by Crippen LogP contribution is -1.56. The Bertz CT molecular complexity index is 5.25. The molecular weight excluding hydrogens is 163 g/mol. The van der Waals surface area contributed by atoms with Crippen molar-refractivity contribution < 1.29 is 0 Å². The van der Waals surface area contributed by atoms with E-state index in [4.69, 9.17) is 0 Å². The van der Waals surface area contributed by atoms with Crippen LogP contribution in [0, 0.1) is 6.42 Å². The van der Waals surface area contributed by atoms with Crippen molar-refractivity contribution in [1.29, 1.82) is 0 Å². The molecule has 0 aromatic heterocycles. The van der Waals surface area contributed by atoms with Crippen molar-refractivity contribution in [2.24, 2.45) is 0 Å². The van der Waals surface area contributed by atoms with Crippen LogP contribution in [-0.4, -0.2) is 4.43 Å². The molecule has 0 saturated carbocycles. The van der Waals surface area contributed by atoms with Crippen LogP contribution >= 0.6 is 22.6 Å². The Labute approximate surface area is 40.7 Å². The highest BCUT2D eigenvalue weighted by Gasteiger charge is 1.59. The second-order valence-corrected chi connectivity index (χ2v) is 1.44. The van der Waals surface area contributed by atoms with Crippen LogP contribution in [0.2, 0.25) is 0 Å². The van der Waals surface area contributed by atoms with Crippen molar-refractivity contribution in [3.05, 3.63) is 6.42 Å². The third kappa shape index (κ3) is 2.73. The zero-order valence-corrected chi connectivity index (χ0v) is 4.82. The zero-order valence-electron chi connectivity index (χ0n) is 2.66. The average molecular weight is 169 g/mol. The highest BCUT2D eigenvalue weighted by Crippen LogP contribution is 1.80. The van der Waals surface area contributed by atoms with Crippen molar-refractivity contribution in [3.8, 4) is 0 Å². The van der Waals surface area contributed by atoms with Gasteiger partial charge in [-0.3, -0.25) is 0 Å². The summed E-state index contributed by atoms with van der Waals surface area (Å²) in [5.74, 6) is 0. The van der Waals surface area contributed by atoms with E-state index >= 15 is 0 Å². The molecule has 0 spiro atoms. The summed E-state index contributed by atoms with van der Waals surface area (Å²) in [4.78, 5) is 0. The van der Waals surface area contributed by atoms with Crippen LogP contribution in [0.3, 0.4) is 0 Å². The first-order valence-electron chi connectivity index (χ1n) is 1.25. The number of hydrogen-bond donors (Lipinski definition) is 0. The molecule has 0 aromatic carbocycles. The Morgan fingerprint density at radius 2 is 2.25 bits per heavy atom. The number of hydrogen-bond acceptors (Lipinski definition) is 0. The zero-order chi connectivity index (χ0) is 3.41. The summed E-state index contributed by atoms with van der Waals surface area (Å²) in [6.45, 7) is 2.05. The van der Waals surface area contributed by atoms with Crippen LogP contribution in [0.25, 0.3) is 0 Å².